The summed E-state index contributed by atoms with van der Waals surface area (Å²) in [6.07, 6.45) is 2.53. The molecule has 0 spiro atoms. The summed E-state index contributed by atoms with van der Waals surface area (Å²) in [5, 5.41) is 3.26. The number of nitrogens with zero attached hydrogens (tertiary/aromatic N) is 1. The lowest BCUT2D eigenvalue weighted by atomic mass is 9.98. The lowest BCUT2D eigenvalue weighted by Gasteiger charge is -2.25. The number of hydrogen-bond donors (Lipinski definition) is 1. The maximum atomic E-state index is 5.66. The third-order valence-corrected chi connectivity index (χ3v) is 2.94. The van der Waals surface area contributed by atoms with Crippen molar-refractivity contribution in [2.24, 2.45) is 0 Å². The lowest BCUT2D eigenvalue weighted by Crippen LogP contribution is -2.40. The van der Waals surface area contributed by atoms with E-state index in [9.17, 15) is 0 Å². The van der Waals surface area contributed by atoms with Crippen LogP contribution in [-0.4, -0.2) is 18.1 Å². The third kappa shape index (κ3) is 1.18. The Bertz CT molecular complexity index is 324. The Morgan fingerprint density at radius 3 is 2.62 bits per heavy atom. The van der Waals surface area contributed by atoms with Crippen molar-refractivity contribution < 1.29 is 4.42 Å². The number of rotatable bonds is 2. The van der Waals surface area contributed by atoms with E-state index in [-0.39, 0.29) is 0 Å². The standard InChI is InChI=1S/C10H14N2O/c1-6-9(8-4-11-5-8)12-10(13-6)7-2-3-7/h7-8,11H,2-5H2,1H3. The van der Waals surface area contributed by atoms with Gasteiger partial charge in [-0.1, -0.05) is 0 Å². The van der Waals surface area contributed by atoms with Gasteiger partial charge in [0.1, 0.15) is 5.76 Å². The topological polar surface area (TPSA) is 38.1 Å². The monoisotopic (exact) mass is 178 g/mol. The summed E-state index contributed by atoms with van der Waals surface area (Å²) in [4.78, 5) is 4.59. The van der Waals surface area contributed by atoms with Crippen molar-refractivity contribution >= 4 is 0 Å². The van der Waals surface area contributed by atoms with Crippen LogP contribution in [0.2, 0.25) is 0 Å². The van der Waals surface area contributed by atoms with Crippen LogP contribution in [-0.2, 0) is 0 Å². The van der Waals surface area contributed by atoms with E-state index in [1.165, 1.54) is 18.5 Å². The zero-order chi connectivity index (χ0) is 8.84. The highest BCUT2D eigenvalue weighted by Gasteiger charge is 2.32. The van der Waals surface area contributed by atoms with E-state index < -0.39 is 0 Å². The fraction of sp³-hybridized carbons (Fsp3) is 0.700. The largest absolute Gasteiger partial charge is 0.445 e. The molecule has 3 nitrogen and oxygen atoms in total. The van der Waals surface area contributed by atoms with Gasteiger partial charge in [-0.05, 0) is 19.8 Å². The molecule has 1 aromatic heterocycles. The predicted octanol–water partition coefficient (Wildman–Crippen LogP) is 1.55. The van der Waals surface area contributed by atoms with Crippen molar-refractivity contribution in [1.82, 2.24) is 10.3 Å². The first-order valence-electron chi connectivity index (χ1n) is 5.02. The molecule has 1 saturated carbocycles. The molecule has 0 atom stereocenters. The molecular formula is C10H14N2O. The van der Waals surface area contributed by atoms with Crippen molar-refractivity contribution in [1.29, 1.82) is 0 Å². The highest BCUT2D eigenvalue weighted by atomic mass is 16.4. The number of hydrogen-bond acceptors (Lipinski definition) is 3. The number of aryl methyl sites for hydroxylation is 1. The molecule has 1 saturated heterocycles. The van der Waals surface area contributed by atoms with Gasteiger partial charge in [0.2, 0.25) is 0 Å². The minimum absolute atomic E-state index is 0.608. The van der Waals surface area contributed by atoms with E-state index in [1.807, 2.05) is 6.92 Å². The van der Waals surface area contributed by atoms with Gasteiger partial charge in [0, 0.05) is 24.9 Å². The number of aromatic nitrogens is 1. The molecule has 0 radical (unpaired) electrons. The molecule has 0 aromatic carbocycles. The van der Waals surface area contributed by atoms with E-state index in [0.717, 1.165) is 24.7 Å². The van der Waals surface area contributed by atoms with Crippen LogP contribution in [0.15, 0.2) is 4.42 Å². The van der Waals surface area contributed by atoms with Crippen LogP contribution in [0.3, 0.4) is 0 Å². The van der Waals surface area contributed by atoms with Crippen LogP contribution in [0.5, 0.6) is 0 Å². The molecule has 13 heavy (non-hydrogen) atoms. The molecular weight excluding hydrogens is 164 g/mol. The molecule has 0 unspecified atom stereocenters. The molecule has 1 N–H and O–H groups in total. The lowest BCUT2D eigenvalue weighted by molar-refractivity contribution is 0.430. The molecule has 0 amide bonds. The van der Waals surface area contributed by atoms with Crippen molar-refractivity contribution in [2.75, 3.05) is 13.1 Å². The van der Waals surface area contributed by atoms with Gasteiger partial charge in [0.15, 0.2) is 5.89 Å². The van der Waals surface area contributed by atoms with Gasteiger partial charge in [-0.2, -0.15) is 0 Å². The summed E-state index contributed by atoms with van der Waals surface area (Å²) in [6, 6.07) is 0. The quantitative estimate of drug-likeness (QED) is 0.746. The summed E-state index contributed by atoms with van der Waals surface area (Å²) in [5.74, 6) is 3.27. The molecule has 70 valence electrons. The summed E-state index contributed by atoms with van der Waals surface area (Å²) in [7, 11) is 0. The molecule has 3 rings (SSSR count). The molecule has 1 aliphatic carbocycles. The second-order valence-electron chi connectivity index (χ2n) is 4.12. The van der Waals surface area contributed by atoms with Crippen LogP contribution in [0.25, 0.3) is 0 Å². The molecule has 0 bridgehead atoms. The third-order valence-electron chi connectivity index (χ3n) is 2.94. The van der Waals surface area contributed by atoms with Crippen molar-refractivity contribution in [3.63, 3.8) is 0 Å². The minimum atomic E-state index is 0.608. The van der Waals surface area contributed by atoms with Crippen LogP contribution in [0.4, 0.5) is 0 Å². The first-order chi connectivity index (χ1) is 6.34. The average molecular weight is 178 g/mol. The highest BCUT2D eigenvalue weighted by molar-refractivity contribution is 5.20. The van der Waals surface area contributed by atoms with E-state index in [2.05, 4.69) is 10.3 Å². The van der Waals surface area contributed by atoms with Crippen molar-refractivity contribution in [3.05, 3.63) is 17.3 Å². The normalized spacial score (nSPS) is 23.2. The predicted molar refractivity (Wildman–Crippen MR) is 48.8 cm³/mol. The van der Waals surface area contributed by atoms with Gasteiger partial charge >= 0.3 is 0 Å². The Kier molecular flexibility index (Phi) is 1.50. The van der Waals surface area contributed by atoms with Crippen molar-refractivity contribution in [2.45, 2.75) is 31.6 Å². The van der Waals surface area contributed by atoms with E-state index in [4.69, 9.17) is 4.42 Å². The van der Waals surface area contributed by atoms with Gasteiger partial charge in [-0.3, -0.25) is 0 Å². The van der Waals surface area contributed by atoms with Gasteiger partial charge < -0.3 is 9.73 Å². The summed E-state index contributed by atoms with van der Waals surface area (Å²) >= 11 is 0. The Hall–Kier alpha value is -0.830. The molecule has 1 aliphatic heterocycles. The zero-order valence-corrected chi connectivity index (χ0v) is 7.84. The van der Waals surface area contributed by atoms with Crippen LogP contribution < -0.4 is 5.32 Å². The van der Waals surface area contributed by atoms with E-state index in [1.54, 1.807) is 0 Å². The minimum Gasteiger partial charge on any atom is -0.445 e. The fourth-order valence-electron chi connectivity index (χ4n) is 1.80. The fourth-order valence-corrected chi connectivity index (χ4v) is 1.80. The molecule has 1 aromatic rings. The maximum Gasteiger partial charge on any atom is 0.197 e. The van der Waals surface area contributed by atoms with Gasteiger partial charge in [0.25, 0.3) is 0 Å². The van der Waals surface area contributed by atoms with Crippen molar-refractivity contribution in [3.8, 4) is 0 Å². The number of oxazole rings is 1. The zero-order valence-electron chi connectivity index (χ0n) is 7.84. The molecule has 2 fully saturated rings. The second kappa shape index (κ2) is 2.58. The first kappa shape index (κ1) is 7.56. The Labute approximate surface area is 77.5 Å². The van der Waals surface area contributed by atoms with Gasteiger partial charge in [-0.25, -0.2) is 4.98 Å². The van der Waals surface area contributed by atoms with E-state index >= 15 is 0 Å². The van der Waals surface area contributed by atoms with Crippen LogP contribution >= 0.6 is 0 Å². The van der Waals surface area contributed by atoms with Gasteiger partial charge in [-0.15, -0.1) is 0 Å². The average Bonchev–Trinajstić information content (AvgIpc) is 2.76. The summed E-state index contributed by atoms with van der Waals surface area (Å²) in [6.45, 7) is 4.17. The van der Waals surface area contributed by atoms with Crippen LogP contribution in [0.1, 0.15) is 42.0 Å². The van der Waals surface area contributed by atoms with E-state index in [0.29, 0.717) is 11.8 Å². The second-order valence-corrected chi connectivity index (χ2v) is 4.12. The Balaban J connectivity index is 1.90. The summed E-state index contributed by atoms with van der Waals surface area (Å²) in [5.41, 5.74) is 1.20. The Morgan fingerprint density at radius 1 is 1.31 bits per heavy atom. The molecule has 3 heteroatoms. The Morgan fingerprint density at radius 2 is 2.08 bits per heavy atom. The summed E-state index contributed by atoms with van der Waals surface area (Å²) < 4.78 is 5.66. The highest BCUT2D eigenvalue weighted by Crippen LogP contribution is 2.40. The van der Waals surface area contributed by atoms with Gasteiger partial charge in [0.05, 0.1) is 5.69 Å². The maximum absolute atomic E-state index is 5.66. The molecule has 2 heterocycles. The SMILES string of the molecule is Cc1oc(C2CC2)nc1C1CNC1. The smallest absolute Gasteiger partial charge is 0.197 e. The molecule has 2 aliphatic rings. The van der Waals surface area contributed by atoms with Crippen LogP contribution in [0, 0.1) is 6.92 Å². The first-order valence-corrected chi connectivity index (χ1v) is 5.02. The number of nitrogens with one attached hydrogen (secondary N) is 1.